The summed E-state index contributed by atoms with van der Waals surface area (Å²) in [7, 11) is 1.60. The molecule has 0 fully saturated rings. The van der Waals surface area contributed by atoms with Gasteiger partial charge in [0.15, 0.2) is 0 Å². The summed E-state index contributed by atoms with van der Waals surface area (Å²) in [5.41, 5.74) is 2.91. The van der Waals surface area contributed by atoms with Gasteiger partial charge in [-0.25, -0.2) is 0 Å². The van der Waals surface area contributed by atoms with Gasteiger partial charge in [-0.3, -0.25) is 9.59 Å². The molecule has 0 aliphatic heterocycles. The highest BCUT2D eigenvalue weighted by Crippen LogP contribution is 2.21. The van der Waals surface area contributed by atoms with Gasteiger partial charge >= 0.3 is 0 Å². The number of halogens is 1. The van der Waals surface area contributed by atoms with Crippen LogP contribution in [0.5, 0.6) is 0 Å². The highest BCUT2D eigenvalue weighted by atomic mass is 35.5. The maximum Gasteiger partial charge on any atom is 0.242 e. The summed E-state index contributed by atoms with van der Waals surface area (Å²) in [5.74, 6) is -0.266. The minimum Gasteiger partial charge on any atom is -0.357 e. The van der Waals surface area contributed by atoms with Gasteiger partial charge in [0.2, 0.25) is 11.8 Å². The highest BCUT2D eigenvalue weighted by molar-refractivity contribution is 6.31. The van der Waals surface area contributed by atoms with Gasteiger partial charge in [0.05, 0.1) is 0 Å². The number of carbonyl (C=O) groups excluding carboxylic acids is 2. The average molecular weight is 435 g/mol. The lowest BCUT2D eigenvalue weighted by atomic mass is 10.0. The third-order valence-corrected chi connectivity index (χ3v) is 5.66. The van der Waals surface area contributed by atoms with Crippen molar-refractivity contribution in [2.24, 2.45) is 0 Å². The third kappa shape index (κ3) is 6.43. The zero-order chi connectivity index (χ0) is 22.1. The number of hydrogen-bond donors (Lipinski definition) is 1. The molecule has 2 amide bonds. The number of hydrogen-bond acceptors (Lipinski definition) is 2. The molecule has 31 heavy (non-hydrogen) atoms. The SMILES string of the molecule is CNC(=O)C(Cc1ccccc1)N(Cc1ccccc1Cl)C(=O)CCc1ccccc1. The quantitative estimate of drug-likeness (QED) is 0.532. The van der Waals surface area contributed by atoms with Crippen LogP contribution in [0, 0.1) is 0 Å². The summed E-state index contributed by atoms with van der Waals surface area (Å²) < 4.78 is 0. The van der Waals surface area contributed by atoms with Crippen LogP contribution in [0.3, 0.4) is 0 Å². The molecule has 0 heterocycles. The lowest BCUT2D eigenvalue weighted by Crippen LogP contribution is -2.49. The van der Waals surface area contributed by atoms with Crippen LogP contribution in [0.15, 0.2) is 84.9 Å². The van der Waals surface area contributed by atoms with E-state index in [0.29, 0.717) is 24.3 Å². The Morgan fingerprint density at radius 2 is 1.45 bits per heavy atom. The van der Waals surface area contributed by atoms with Crippen LogP contribution in [0.2, 0.25) is 5.02 Å². The van der Waals surface area contributed by atoms with E-state index in [9.17, 15) is 9.59 Å². The van der Waals surface area contributed by atoms with Gasteiger partial charge in [-0.05, 0) is 29.2 Å². The Balaban J connectivity index is 1.88. The molecule has 3 aromatic carbocycles. The predicted molar refractivity (Wildman–Crippen MR) is 125 cm³/mol. The Kier molecular flexibility index (Phi) is 8.25. The first-order valence-corrected chi connectivity index (χ1v) is 10.8. The van der Waals surface area contributed by atoms with Crippen LogP contribution >= 0.6 is 11.6 Å². The summed E-state index contributed by atoms with van der Waals surface area (Å²) in [6, 6.07) is 26.4. The molecule has 1 atom stereocenters. The van der Waals surface area contributed by atoms with E-state index in [1.54, 1.807) is 18.0 Å². The maximum absolute atomic E-state index is 13.4. The topological polar surface area (TPSA) is 49.4 Å². The molecule has 0 radical (unpaired) electrons. The van der Waals surface area contributed by atoms with E-state index in [1.807, 2.05) is 78.9 Å². The monoisotopic (exact) mass is 434 g/mol. The molecule has 0 aromatic heterocycles. The number of nitrogens with one attached hydrogen (secondary N) is 1. The molecule has 0 aliphatic rings. The molecule has 3 aromatic rings. The largest absolute Gasteiger partial charge is 0.357 e. The number of amides is 2. The van der Waals surface area contributed by atoms with Crippen molar-refractivity contribution in [3.63, 3.8) is 0 Å². The normalized spacial score (nSPS) is 11.5. The zero-order valence-electron chi connectivity index (χ0n) is 17.6. The summed E-state index contributed by atoms with van der Waals surface area (Å²) in [5, 5.41) is 3.31. The maximum atomic E-state index is 13.4. The fraction of sp³-hybridized carbons (Fsp3) is 0.231. The Bertz CT molecular complexity index is 993. The van der Waals surface area contributed by atoms with Gasteiger partial charge in [-0.15, -0.1) is 0 Å². The number of carbonyl (C=O) groups is 2. The van der Waals surface area contributed by atoms with E-state index in [4.69, 9.17) is 11.6 Å². The summed E-state index contributed by atoms with van der Waals surface area (Å²) in [4.78, 5) is 27.9. The molecule has 0 spiro atoms. The van der Waals surface area contributed by atoms with E-state index in [1.165, 1.54) is 0 Å². The molecule has 0 saturated heterocycles. The Labute approximate surface area is 188 Å². The van der Waals surface area contributed by atoms with Crippen LogP contribution in [-0.4, -0.2) is 29.8 Å². The molecule has 3 rings (SSSR count). The molecular weight excluding hydrogens is 408 g/mol. The molecule has 1 N–H and O–H groups in total. The molecular formula is C26H27ClN2O2. The van der Waals surface area contributed by atoms with E-state index >= 15 is 0 Å². The van der Waals surface area contributed by atoms with E-state index in [0.717, 1.165) is 16.7 Å². The van der Waals surface area contributed by atoms with Crippen molar-refractivity contribution in [2.45, 2.75) is 31.8 Å². The average Bonchev–Trinajstić information content (AvgIpc) is 2.81. The molecule has 1 unspecified atom stereocenters. The van der Waals surface area contributed by atoms with Gasteiger partial charge in [0.1, 0.15) is 6.04 Å². The second kappa shape index (κ2) is 11.3. The van der Waals surface area contributed by atoms with Gasteiger partial charge in [-0.1, -0.05) is 90.5 Å². The molecule has 5 heteroatoms. The minimum atomic E-state index is -0.632. The van der Waals surface area contributed by atoms with Crippen molar-refractivity contribution < 1.29 is 9.59 Å². The smallest absolute Gasteiger partial charge is 0.242 e. The van der Waals surface area contributed by atoms with Crippen LogP contribution < -0.4 is 5.32 Å². The lowest BCUT2D eigenvalue weighted by molar-refractivity contribution is -0.141. The minimum absolute atomic E-state index is 0.0756. The van der Waals surface area contributed by atoms with E-state index < -0.39 is 6.04 Å². The van der Waals surface area contributed by atoms with Crippen molar-refractivity contribution in [1.82, 2.24) is 10.2 Å². The highest BCUT2D eigenvalue weighted by Gasteiger charge is 2.29. The summed E-state index contributed by atoms with van der Waals surface area (Å²) >= 11 is 6.39. The third-order valence-electron chi connectivity index (χ3n) is 5.29. The standard InChI is InChI=1S/C26H27ClN2O2/c1-28-26(31)24(18-21-12-6-3-7-13-21)29(19-22-14-8-9-15-23(22)27)25(30)17-16-20-10-4-2-5-11-20/h2-15,24H,16-19H2,1H3,(H,28,31). The van der Waals surface area contributed by atoms with Gasteiger partial charge < -0.3 is 10.2 Å². The van der Waals surface area contributed by atoms with Crippen molar-refractivity contribution in [2.75, 3.05) is 7.05 Å². The Morgan fingerprint density at radius 3 is 2.06 bits per heavy atom. The van der Waals surface area contributed by atoms with Gasteiger partial charge in [0, 0.05) is 31.5 Å². The van der Waals surface area contributed by atoms with Gasteiger partial charge in [0.25, 0.3) is 0 Å². The molecule has 4 nitrogen and oxygen atoms in total. The summed E-state index contributed by atoms with van der Waals surface area (Å²) in [6.45, 7) is 0.276. The van der Waals surface area contributed by atoms with Crippen molar-refractivity contribution >= 4 is 23.4 Å². The van der Waals surface area contributed by atoms with Crippen LogP contribution in [0.4, 0.5) is 0 Å². The van der Waals surface area contributed by atoms with Crippen molar-refractivity contribution in [3.05, 3.63) is 107 Å². The number of aryl methyl sites for hydroxylation is 1. The first-order valence-electron chi connectivity index (χ1n) is 10.4. The fourth-order valence-electron chi connectivity index (χ4n) is 3.57. The van der Waals surface area contributed by atoms with Crippen molar-refractivity contribution in [3.8, 4) is 0 Å². The lowest BCUT2D eigenvalue weighted by Gasteiger charge is -2.31. The first kappa shape index (κ1) is 22.6. The summed E-state index contributed by atoms with van der Waals surface area (Å²) in [6.07, 6.45) is 1.36. The second-order valence-corrected chi connectivity index (χ2v) is 7.83. The Hall–Kier alpha value is -3.11. The number of likely N-dealkylation sites (N-methyl/N-ethyl adjacent to an activating group) is 1. The number of nitrogens with zero attached hydrogens (tertiary/aromatic N) is 1. The van der Waals surface area contributed by atoms with Gasteiger partial charge in [-0.2, -0.15) is 0 Å². The molecule has 0 aliphatic carbocycles. The molecule has 160 valence electrons. The van der Waals surface area contributed by atoms with Crippen LogP contribution in [-0.2, 0) is 29.0 Å². The number of benzene rings is 3. The fourth-order valence-corrected chi connectivity index (χ4v) is 3.77. The van der Waals surface area contributed by atoms with Crippen LogP contribution in [0.25, 0.3) is 0 Å². The second-order valence-electron chi connectivity index (χ2n) is 7.42. The first-order chi connectivity index (χ1) is 15.1. The molecule has 0 saturated carbocycles. The van der Waals surface area contributed by atoms with Crippen LogP contribution in [0.1, 0.15) is 23.1 Å². The Morgan fingerprint density at radius 1 is 0.871 bits per heavy atom. The van der Waals surface area contributed by atoms with E-state index in [-0.39, 0.29) is 18.4 Å². The van der Waals surface area contributed by atoms with E-state index in [2.05, 4.69) is 5.32 Å². The number of rotatable bonds is 9. The zero-order valence-corrected chi connectivity index (χ0v) is 18.4. The van der Waals surface area contributed by atoms with Crippen molar-refractivity contribution in [1.29, 1.82) is 0 Å². The molecule has 0 bridgehead atoms. The predicted octanol–water partition coefficient (Wildman–Crippen LogP) is 4.66.